The van der Waals surface area contributed by atoms with E-state index in [4.69, 9.17) is 21.3 Å². The fourth-order valence-electron chi connectivity index (χ4n) is 3.75. The summed E-state index contributed by atoms with van der Waals surface area (Å²) in [5.74, 6) is 0.542. The first-order valence-corrected chi connectivity index (χ1v) is 10.5. The van der Waals surface area contributed by atoms with Gasteiger partial charge in [-0.15, -0.1) is 0 Å². The molecule has 0 saturated carbocycles. The molecule has 3 heterocycles. The fraction of sp³-hybridized carbons (Fsp3) is 0.304. The molecule has 0 spiro atoms. The summed E-state index contributed by atoms with van der Waals surface area (Å²) < 4.78 is 6.03. The quantitative estimate of drug-likeness (QED) is 0.510. The molecule has 2 aromatic heterocycles. The Morgan fingerprint density at radius 1 is 1.22 bits per heavy atom. The zero-order valence-electron chi connectivity index (χ0n) is 17.6. The maximum absolute atomic E-state index is 11.0. The van der Waals surface area contributed by atoms with Crippen LogP contribution in [0.3, 0.4) is 0 Å². The van der Waals surface area contributed by atoms with E-state index in [0.717, 1.165) is 36.3 Å². The molecule has 5 N–H and O–H groups in total. The van der Waals surface area contributed by atoms with E-state index in [1.807, 2.05) is 48.5 Å². The third-order valence-corrected chi connectivity index (χ3v) is 5.38. The first-order chi connectivity index (χ1) is 15.5. The van der Waals surface area contributed by atoms with Crippen molar-refractivity contribution in [2.45, 2.75) is 31.4 Å². The van der Waals surface area contributed by atoms with Crippen molar-refractivity contribution in [3.05, 3.63) is 60.3 Å². The van der Waals surface area contributed by atoms with Gasteiger partial charge in [-0.1, -0.05) is 30.3 Å². The summed E-state index contributed by atoms with van der Waals surface area (Å²) in [6.07, 6.45) is 3.90. The second-order valence-electron chi connectivity index (χ2n) is 7.81. The molecule has 2 atom stereocenters. The molecule has 1 aliphatic heterocycles. The van der Waals surface area contributed by atoms with Crippen LogP contribution >= 0.6 is 0 Å². The normalized spacial score (nSPS) is 17.0. The van der Waals surface area contributed by atoms with Crippen molar-refractivity contribution in [3.63, 3.8) is 0 Å². The molecular formula is C23H26N6O3. The van der Waals surface area contributed by atoms with Gasteiger partial charge in [-0.05, 0) is 30.9 Å². The van der Waals surface area contributed by atoms with Crippen LogP contribution in [0.4, 0.5) is 11.8 Å². The number of carboxylic acids is 1. The van der Waals surface area contributed by atoms with E-state index in [1.54, 1.807) is 6.20 Å². The number of nitrogens with two attached hydrogens (primary N) is 2. The average molecular weight is 435 g/mol. The lowest BCUT2D eigenvalue weighted by molar-refractivity contribution is -0.138. The number of anilines is 2. The molecule has 0 bridgehead atoms. The number of pyridine rings is 1. The van der Waals surface area contributed by atoms with E-state index in [2.05, 4.69) is 19.9 Å². The molecule has 1 aliphatic rings. The minimum Gasteiger partial charge on any atom is -0.480 e. The van der Waals surface area contributed by atoms with Crippen LogP contribution in [0.2, 0.25) is 0 Å². The summed E-state index contributed by atoms with van der Waals surface area (Å²) in [5, 5.41) is 8.99. The number of nitrogen functional groups attached to an aromatic ring is 1. The van der Waals surface area contributed by atoms with Crippen molar-refractivity contribution >= 4 is 17.7 Å². The van der Waals surface area contributed by atoms with Crippen LogP contribution in [-0.2, 0) is 11.2 Å². The van der Waals surface area contributed by atoms with Crippen LogP contribution in [0.5, 0.6) is 5.88 Å². The molecule has 3 aromatic rings. The lowest BCUT2D eigenvalue weighted by atomic mass is 10.0. The number of carbonyl (C=O) groups is 1. The highest BCUT2D eigenvalue weighted by Crippen LogP contribution is 2.26. The molecule has 0 amide bonds. The number of nitrogens with zero attached hydrogens (tertiary/aromatic N) is 4. The van der Waals surface area contributed by atoms with Crippen molar-refractivity contribution in [3.8, 4) is 17.1 Å². The van der Waals surface area contributed by atoms with Gasteiger partial charge in [-0.3, -0.25) is 4.79 Å². The maximum Gasteiger partial charge on any atom is 0.320 e. The van der Waals surface area contributed by atoms with Gasteiger partial charge in [0.15, 0.2) is 0 Å². The average Bonchev–Trinajstić information content (AvgIpc) is 2.80. The van der Waals surface area contributed by atoms with Gasteiger partial charge in [0.25, 0.3) is 0 Å². The van der Waals surface area contributed by atoms with Crippen molar-refractivity contribution in [1.29, 1.82) is 0 Å². The van der Waals surface area contributed by atoms with E-state index in [0.29, 0.717) is 18.1 Å². The third-order valence-electron chi connectivity index (χ3n) is 5.38. The van der Waals surface area contributed by atoms with E-state index < -0.39 is 12.0 Å². The summed E-state index contributed by atoms with van der Waals surface area (Å²) in [7, 11) is 0. The van der Waals surface area contributed by atoms with Gasteiger partial charge in [0, 0.05) is 30.4 Å². The Bertz CT molecular complexity index is 1060. The predicted molar refractivity (Wildman–Crippen MR) is 121 cm³/mol. The Morgan fingerprint density at radius 3 is 2.75 bits per heavy atom. The van der Waals surface area contributed by atoms with Crippen molar-refractivity contribution in [2.24, 2.45) is 5.73 Å². The molecule has 32 heavy (non-hydrogen) atoms. The van der Waals surface area contributed by atoms with Crippen LogP contribution in [-0.4, -0.2) is 51.3 Å². The monoisotopic (exact) mass is 434 g/mol. The van der Waals surface area contributed by atoms with Gasteiger partial charge < -0.3 is 26.2 Å². The van der Waals surface area contributed by atoms with Crippen molar-refractivity contribution in [1.82, 2.24) is 15.0 Å². The van der Waals surface area contributed by atoms with Gasteiger partial charge in [-0.25, -0.2) is 9.97 Å². The van der Waals surface area contributed by atoms with Crippen LogP contribution in [0.1, 0.15) is 18.4 Å². The fourth-order valence-corrected chi connectivity index (χ4v) is 3.75. The van der Waals surface area contributed by atoms with Gasteiger partial charge in [0.05, 0.1) is 12.2 Å². The van der Waals surface area contributed by atoms with Gasteiger partial charge in [0.2, 0.25) is 11.8 Å². The molecule has 4 rings (SSSR count). The van der Waals surface area contributed by atoms with E-state index >= 15 is 0 Å². The van der Waals surface area contributed by atoms with Crippen LogP contribution < -0.4 is 21.1 Å². The minimum atomic E-state index is -1.02. The highest BCUT2D eigenvalue weighted by atomic mass is 16.5. The molecule has 1 aromatic carbocycles. The van der Waals surface area contributed by atoms with Crippen LogP contribution in [0.25, 0.3) is 11.3 Å². The Morgan fingerprint density at radius 2 is 2.03 bits per heavy atom. The molecule has 0 radical (unpaired) electrons. The molecule has 166 valence electrons. The summed E-state index contributed by atoms with van der Waals surface area (Å²) in [6.45, 7) is 1.53. The van der Waals surface area contributed by atoms with E-state index in [1.165, 1.54) is 0 Å². The van der Waals surface area contributed by atoms with Crippen LogP contribution in [0, 0.1) is 0 Å². The third kappa shape index (κ3) is 5.30. The second-order valence-corrected chi connectivity index (χ2v) is 7.81. The zero-order valence-corrected chi connectivity index (χ0v) is 17.6. The summed E-state index contributed by atoms with van der Waals surface area (Å²) in [5.41, 5.74) is 14.1. The first-order valence-electron chi connectivity index (χ1n) is 10.5. The number of hydrogen-bond acceptors (Lipinski definition) is 8. The first kappa shape index (κ1) is 21.5. The number of benzene rings is 1. The maximum atomic E-state index is 11.0. The molecule has 9 heteroatoms. The SMILES string of the molecule is Nc1nc(-c2ccc(C[C@H](N)C(=O)O)cc2)cc(N2CCCC(Oc3ccccn3)C2)n1. The predicted octanol–water partition coefficient (Wildman–Crippen LogP) is 2.12. The molecule has 1 saturated heterocycles. The number of aliphatic carboxylic acids is 1. The number of rotatable bonds is 7. The second kappa shape index (κ2) is 9.61. The highest BCUT2D eigenvalue weighted by Gasteiger charge is 2.23. The van der Waals surface area contributed by atoms with Crippen molar-refractivity contribution in [2.75, 3.05) is 23.7 Å². The topological polar surface area (TPSA) is 140 Å². The summed E-state index contributed by atoms with van der Waals surface area (Å²) >= 11 is 0. The molecule has 1 unspecified atom stereocenters. The molecule has 0 aliphatic carbocycles. The number of ether oxygens (including phenoxy) is 1. The molecule has 9 nitrogen and oxygen atoms in total. The van der Waals surface area contributed by atoms with Crippen LogP contribution in [0.15, 0.2) is 54.7 Å². The lowest BCUT2D eigenvalue weighted by Gasteiger charge is -2.33. The number of carboxylic acid groups (broad SMARTS) is 1. The Labute approximate surface area is 186 Å². The molecular weight excluding hydrogens is 408 g/mol. The minimum absolute atomic E-state index is 0.0102. The Hall–Kier alpha value is -3.72. The zero-order chi connectivity index (χ0) is 22.5. The number of hydrogen-bond donors (Lipinski definition) is 3. The van der Waals surface area contributed by atoms with Gasteiger partial charge in [-0.2, -0.15) is 4.98 Å². The van der Waals surface area contributed by atoms with E-state index in [9.17, 15) is 4.79 Å². The highest BCUT2D eigenvalue weighted by molar-refractivity contribution is 5.73. The summed E-state index contributed by atoms with van der Waals surface area (Å²) in [4.78, 5) is 26.2. The number of piperidine rings is 1. The Kier molecular flexibility index (Phi) is 6.46. The lowest BCUT2D eigenvalue weighted by Crippen LogP contribution is -2.41. The smallest absolute Gasteiger partial charge is 0.320 e. The Balaban J connectivity index is 1.49. The van der Waals surface area contributed by atoms with Gasteiger partial charge in [0.1, 0.15) is 18.0 Å². The largest absolute Gasteiger partial charge is 0.480 e. The van der Waals surface area contributed by atoms with Crippen molar-refractivity contribution < 1.29 is 14.6 Å². The molecule has 1 fully saturated rings. The standard InChI is InChI=1S/C23H26N6O3/c24-18(22(30)31)12-15-6-8-16(9-7-15)19-13-20(28-23(25)27-19)29-11-3-4-17(14-29)32-21-5-1-2-10-26-21/h1-2,5-10,13,17-18H,3-4,11-12,14,24H2,(H,30,31)(H2,25,27,28)/t17?,18-/m0/s1. The van der Waals surface area contributed by atoms with E-state index in [-0.39, 0.29) is 18.5 Å². The van der Waals surface area contributed by atoms with Gasteiger partial charge >= 0.3 is 5.97 Å². The number of aromatic nitrogens is 3. The summed E-state index contributed by atoms with van der Waals surface area (Å²) in [6, 6.07) is 14.1.